The fourth-order valence-electron chi connectivity index (χ4n) is 1.98. The molecule has 1 aromatic carbocycles. The summed E-state index contributed by atoms with van der Waals surface area (Å²) in [6.45, 7) is 3.14. The van der Waals surface area contributed by atoms with Crippen LogP contribution in [0, 0.1) is 0 Å². The van der Waals surface area contributed by atoms with Crippen molar-refractivity contribution in [1.29, 1.82) is 0 Å². The van der Waals surface area contributed by atoms with Crippen LogP contribution in [0.2, 0.25) is 0 Å². The predicted molar refractivity (Wildman–Crippen MR) is 74.0 cm³/mol. The lowest BCUT2D eigenvalue weighted by Gasteiger charge is -2.37. The van der Waals surface area contributed by atoms with E-state index in [1.807, 2.05) is 23.1 Å². The molecule has 1 heterocycles. The van der Waals surface area contributed by atoms with Gasteiger partial charge < -0.3 is 14.9 Å². The summed E-state index contributed by atoms with van der Waals surface area (Å²) < 4.78 is 0. The first-order valence-corrected chi connectivity index (χ1v) is 6.16. The summed E-state index contributed by atoms with van der Waals surface area (Å²) in [7, 11) is 0. The minimum absolute atomic E-state index is 0.287. The number of anilines is 1. The topological polar surface area (TPSA) is 55.8 Å². The molecule has 0 saturated carbocycles. The van der Waals surface area contributed by atoms with E-state index in [4.69, 9.17) is 17.3 Å². The van der Waals surface area contributed by atoms with E-state index >= 15 is 0 Å². The van der Waals surface area contributed by atoms with Gasteiger partial charge >= 0.3 is 6.09 Å². The van der Waals surface area contributed by atoms with E-state index in [1.54, 1.807) is 0 Å². The normalized spacial score (nSPS) is 15.3. The summed E-state index contributed by atoms with van der Waals surface area (Å²) in [4.78, 5) is 14.6. The van der Waals surface area contributed by atoms with E-state index in [0.29, 0.717) is 0 Å². The molecule has 0 atom stereocenters. The molecule has 2 rings (SSSR count). The minimum atomic E-state index is -1.11. The summed E-state index contributed by atoms with van der Waals surface area (Å²) in [5.74, 6) is 0. The Kier molecular flexibility index (Phi) is 3.99. The van der Waals surface area contributed by atoms with Gasteiger partial charge in [0.2, 0.25) is 0 Å². The molecule has 0 unspecified atom stereocenters. The van der Waals surface area contributed by atoms with E-state index < -0.39 is 6.09 Å². The third-order valence-corrected chi connectivity index (χ3v) is 3.26. The Balaban J connectivity index is 1.88. The first kappa shape index (κ1) is 12.6. The minimum Gasteiger partial charge on any atom is -0.465 e. The Hall–Kier alpha value is -1.82. The number of thiocarbonyl (C=S) groups is 1. The molecule has 0 aliphatic carbocycles. The second kappa shape index (κ2) is 5.68. The second-order valence-electron chi connectivity index (χ2n) is 4.04. The van der Waals surface area contributed by atoms with Gasteiger partial charge in [0.05, 0.1) is 0 Å². The van der Waals surface area contributed by atoms with Gasteiger partial charge in [-0.2, -0.15) is 0 Å². The van der Waals surface area contributed by atoms with Crippen LogP contribution in [0.1, 0.15) is 0 Å². The maximum Gasteiger partial charge on any atom is 0.410 e. The highest BCUT2D eigenvalue weighted by atomic mass is 32.1. The van der Waals surface area contributed by atoms with Crippen LogP contribution in [0.5, 0.6) is 0 Å². The van der Waals surface area contributed by atoms with Crippen LogP contribution in [0.4, 0.5) is 10.5 Å². The summed E-state index contributed by atoms with van der Waals surface area (Å²) in [5.41, 5.74) is 1.19. The van der Waals surface area contributed by atoms with Crippen LogP contribution in [0.25, 0.3) is 0 Å². The Bertz CT molecular complexity index is 430. The van der Waals surface area contributed by atoms with Gasteiger partial charge in [0.25, 0.3) is 0 Å². The van der Waals surface area contributed by atoms with Gasteiger partial charge in [0, 0.05) is 31.9 Å². The molecule has 5 nitrogen and oxygen atoms in total. The highest BCUT2D eigenvalue weighted by molar-refractivity contribution is 7.80. The van der Waals surface area contributed by atoms with E-state index in [0.717, 1.165) is 26.2 Å². The monoisotopic (exact) mass is 265 g/mol. The highest BCUT2D eigenvalue weighted by Crippen LogP contribution is 2.15. The van der Waals surface area contributed by atoms with Gasteiger partial charge in [-0.3, -0.25) is 5.32 Å². The number of nitrogens with zero attached hydrogens (tertiary/aromatic N) is 2. The Labute approximate surface area is 111 Å². The maximum absolute atomic E-state index is 10.5. The molecule has 6 heteroatoms. The molecule has 1 fully saturated rings. The van der Waals surface area contributed by atoms with Crippen molar-refractivity contribution in [3.63, 3.8) is 0 Å². The molecule has 0 aromatic heterocycles. The van der Waals surface area contributed by atoms with Crippen molar-refractivity contribution in [2.45, 2.75) is 0 Å². The number of hydrogen-bond donors (Lipinski definition) is 2. The lowest BCUT2D eigenvalue weighted by molar-refractivity contribution is 0.198. The predicted octanol–water partition coefficient (Wildman–Crippen LogP) is 1.36. The van der Waals surface area contributed by atoms with Crippen LogP contribution in [-0.2, 0) is 0 Å². The lowest BCUT2D eigenvalue weighted by Crippen LogP contribution is -2.52. The molecule has 2 N–H and O–H groups in total. The number of para-hydroxylation sites is 1. The molecule has 1 aliphatic heterocycles. The number of nitrogens with one attached hydrogen (secondary N) is 1. The van der Waals surface area contributed by atoms with Gasteiger partial charge in [-0.15, -0.1) is 0 Å². The average molecular weight is 265 g/mol. The van der Waals surface area contributed by atoms with E-state index in [9.17, 15) is 4.79 Å². The third kappa shape index (κ3) is 3.10. The van der Waals surface area contributed by atoms with E-state index in [1.165, 1.54) is 5.69 Å². The number of piperazine rings is 1. The Morgan fingerprint density at radius 2 is 1.78 bits per heavy atom. The molecular weight excluding hydrogens is 250 g/mol. The summed E-state index contributed by atoms with van der Waals surface area (Å²) >= 11 is 5.02. The average Bonchev–Trinajstić information content (AvgIpc) is 2.39. The zero-order valence-corrected chi connectivity index (χ0v) is 10.7. The van der Waals surface area contributed by atoms with Crippen molar-refractivity contribution in [1.82, 2.24) is 10.2 Å². The smallest absolute Gasteiger partial charge is 0.410 e. The number of benzene rings is 1. The van der Waals surface area contributed by atoms with Crippen molar-refractivity contribution in [2.24, 2.45) is 0 Å². The van der Waals surface area contributed by atoms with Gasteiger partial charge in [-0.1, -0.05) is 18.2 Å². The maximum atomic E-state index is 10.5. The van der Waals surface area contributed by atoms with Crippen molar-refractivity contribution >= 4 is 29.1 Å². The van der Waals surface area contributed by atoms with Gasteiger partial charge in [-0.25, -0.2) is 4.79 Å². The number of carbonyl (C=O) groups is 1. The van der Waals surface area contributed by atoms with E-state index in [-0.39, 0.29) is 5.11 Å². The largest absolute Gasteiger partial charge is 0.465 e. The molecule has 1 aliphatic rings. The number of hydrogen-bond acceptors (Lipinski definition) is 3. The zero-order valence-electron chi connectivity index (χ0n) is 9.87. The standard InChI is InChI=1S/C12H15N3O2S/c16-12(17)13-11(18)15-8-6-14(7-9-15)10-4-2-1-3-5-10/h1-5H,6-9H2,(H,13,18)(H,16,17). The van der Waals surface area contributed by atoms with Crippen molar-refractivity contribution in [3.05, 3.63) is 30.3 Å². The Morgan fingerprint density at radius 3 is 2.33 bits per heavy atom. The second-order valence-corrected chi connectivity index (χ2v) is 4.43. The highest BCUT2D eigenvalue weighted by Gasteiger charge is 2.19. The molecule has 1 saturated heterocycles. The molecule has 18 heavy (non-hydrogen) atoms. The quantitative estimate of drug-likeness (QED) is 0.751. The first-order chi connectivity index (χ1) is 8.66. The lowest BCUT2D eigenvalue weighted by atomic mass is 10.2. The summed E-state index contributed by atoms with van der Waals surface area (Å²) in [6.07, 6.45) is -1.11. The van der Waals surface area contributed by atoms with Crippen LogP contribution in [0.3, 0.4) is 0 Å². The fourth-order valence-corrected chi connectivity index (χ4v) is 2.25. The number of rotatable bonds is 1. The van der Waals surface area contributed by atoms with Crippen molar-refractivity contribution in [3.8, 4) is 0 Å². The fraction of sp³-hybridized carbons (Fsp3) is 0.333. The Morgan fingerprint density at radius 1 is 1.17 bits per heavy atom. The van der Waals surface area contributed by atoms with Crippen LogP contribution < -0.4 is 10.2 Å². The zero-order chi connectivity index (χ0) is 13.0. The molecule has 96 valence electrons. The molecule has 0 radical (unpaired) electrons. The van der Waals surface area contributed by atoms with Crippen LogP contribution in [-0.4, -0.2) is 47.4 Å². The van der Waals surface area contributed by atoms with Gasteiger partial charge in [0.15, 0.2) is 5.11 Å². The molecule has 1 amide bonds. The summed E-state index contributed by atoms with van der Waals surface area (Å²) in [6, 6.07) is 10.2. The number of amides is 1. The SMILES string of the molecule is O=C(O)NC(=S)N1CCN(c2ccccc2)CC1. The summed E-state index contributed by atoms with van der Waals surface area (Å²) in [5, 5.41) is 11.1. The van der Waals surface area contributed by atoms with Crippen molar-refractivity contribution < 1.29 is 9.90 Å². The van der Waals surface area contributed by atoms with Crippen LogP contribution in [0.15, 0.2) is 30.3 Å². The molecule has 1 aromatic rings. The number of carboxylic acid groups (broad SMARTS) is 1. The molecule has 0 bridgehead atoms. The molecule has 0 spiro atoms. The van der Waals surface area contributed by atoms with Gasteiger partial charge in [0.1, 0.15) is 0 Å². The van der Waals surface area contributed by atoms with E-state index in [2.05, 4.69) is 22.3 Å². The first-order valence-electron chi connectivity index (χ1n) is 5.75. The molecular formula is C12H15N3O2S. The van der Waals surface area contributed by atoms with Crippen molar-refractivity contribution in [2.75, 3.05) is 31.1 Å². The van der Waals surface area contributed by atoms with Crippen LogP contribution >= 0.6 is 12.2 Å². The van der Waals surface area contributed by atoms with Gasteiger partial charge in [-0.05, 0) is 24.4 Å². The third-order valence-electron chi connectivity index (χ3n) is 2.90.